The second kappa shape index (κ2) is 4.57. The largest absolute Gasteiger partial charge is 0.316 e. The van der Waals surface area contributed by atoms with E-state index >= 15 is 0 Å². The van der Waals surface area contributed by atoms with Gasteiger partial charge >= 0.3 is 6.41 Å². The fourth-order valence-corrected chi connectivity index (χ4v) is 1.72. The molecule has 0 aliphatic heterocycles. The summed E-state index contributed by atoms with van der Waals surface area (Å²) in [4.78, 5) is 21.3. The summed E-state index contributed by atoms with van der Waals surface area (Å²) in [5.74, 6) is -0.341. The minimum atomic E-state index is -0.341. The Bertz CT molecular complexity index is 529. The van der Waals surface area contributed by atoms with E-state index in [9.17, 15) is 9.59 Å². The van der Waals surface area contributed by atoms with Gasteiger partial charge in [0.2, 0.25) is 5.91 Å². The molecule has 0 saturated carbocycles. The average molecular weight is 212 g/mol. The fraction of sp³-hybridized carbons (Fsp3) is 0.0769. The maximum absolute atomic E-state index is 11.3. The van der Waals surface area contributed by atoms with Crippen molar-refractivity contribution in [2.45, 2.75) is 6.42 Å². The predicted molar refractivity (Wildman–Crippen MR) is 61.5 cm³/mol. The van der Waals surface area contributed by atoms with Crippen molar-refractivity contribution in [1.29, 1.82) is 0 Å². The van der Waals surface area contributed by atoms with Crippen molar-refractivity contribution >= 4 is 23.1 Å². The lowest BCUT2D eigenvalue weighted by Crippen LogP contribution is -2.23. The highest BCUT2D eigenvalue weighted by molar-refractivity contribution is 5.93. The molecule has 1 radical (unpaired) electrons. The Hall–Kier alpha value is -2.16. The summed E-state index contributed by atoms with van der Waals surface area (Å²) >= 11 is 0. The molecule has 79 valence electrons. The molecule has 0 spiro atoms. The summed E-state index contributed by atoms with van der Waals surface area (Å²) < 4.78 is 0. The Kier molecular flexibility index (Phi) is 2.96. The topological polar surface area (TPSA) is 46.2 Å². The highest BCUT2D eigenvalue weighted by Gasteiger charge is 2.05. The third-order valence-electron chi connectivity index (χ3n) is 2.42. The van der Waals surface area contributed by atoms with Crippen LogP contribution in [0.4, 0.5) is 0 Å². The molecule has 0 atom stereocenters. The summed E-state index contributed by atoms with van der Waals surface area (Å²) in [6, 6.07) is 13.6. The number of hydrogen-bond acceptors (Lipinski definition) is 2. The zero-order valence-electron chi connectivity index (χ0n) is 8.57. The Labute approximate surface area is 93.1 Å². The number of nitrogens with one attached hydrogen (secondary N) is 1. The molecule has 0 heterocycles. The minimum Gasteiger partial charge on any atom is -0.288 e. The maximum atomic E-state index is 11.3. The SMILES string of the molecule is O=[C]NC(=O)Cc1cccc2ccccc12. The fourth-order valence-electron chi connectivity index (χ4n) is 1.72. The average Bonchev–Trinajstić information content (AvgIpc) is 2.30. The van der Waals surface area contributed by atoms with E-state index in [0.717, 1.165) is 16.3 Å². The highest BCUT2D eigenvalue weighted by Crippen LogP contribution is 2.18. The van der Waals surface area contributed by atoms with E-state index in [1.807, 2.05) is 47.8 Å². The lowest BCUT2D eigenvalue weighted by atomic mass is 10.0. The molecule has 2 amide bonds. The molecular formula is C13H10NO2. The van der Waals surface area contributed by atoms with Crippen LogP contribution in [0, 0.1) is 0 Å². The van der Waals surface area contributed by atoms with Crippen LogP contribution in [0.5, 0.6) is 0 Å². The van der Waals surface area contributed by atoms with Crippen molar-refractivity contribution < 1.29 is 9.59 Å². The van der Waals surface area contributed by atoms with Crippen molar-refractivity contribution in [2.75, 3.05) is 0 Å². The van der Waals surface area contributed by atoms with Crippen LogP contribution in [0.3, 0.4) is 0 Å². The van der Waals surface area contributed by atoms with Gasteiger partial charge in [0.05, 0.1) is 6.42 Å². The van der Waals surface area contributed by atoms with Gasteiger partial charge in [-0.25, -0.2) is 0 Å². The molecule has 0 bridgehead atoms. The maximum Gasteiger partial charge on any atom is 0.316 e. The van der Waals surface area contributed by atoms with Crippen molar-refractivity contribution in [3.05, 3.63) is 48.0 Å². The molecule has 2 aromatic carbocycles. The first-order chi connectivity index (χ1) is 7.81. The molecule has 1 N–H and O–H groups in total. The van der Waals surface area contributed by atoms with Crippen molar-refractivity contribution in [2.24, 2.45) is 0 Å². The van der Waals surface area contributed by atoms with Gasteiger partial charge in [-0.2, -0.15) is 0 Å². The number of hydrogen-bond donors (Lipinski definition) is 1. The molecular weight excluding hydrogens is 202 g/mol. The van der Waals surface area contributed by atoms with Crippen molar-refractivity contribution in [3.63, 3.8) is 0 Å². The van der Waals surface area contributed by atoms with E-state index in [4.69, 9.17) is 0 Å². The zero-order valence-corrected chi connectivity index (χ0v) is 8.57. The Morgan fingerprint density at radius 3 is 2.69 bits per heavy atom. The van der Waals surface area contributed by atoms with Gasteiger partial charge in [-0.05, 0) is 16.3 Å². The van der Waals surface area contributed by atoms with Gasteiger partial charge in [0.1, 0.15) is 0 Å². The molecule has 0 fully saturated rings. The monoisotopic (exact) mass is 212 g/mol. The first-order valence-corrected chi connectivity index (χ1v) is 4.94. The first kappa shape index (κ1) is 10.4. The molecule has 0 aromatic heterocycles. The van der Waals surface area contributed by atoms with Gasteiger partial charge in [-0.15, -0.1) is 0 Å². The summed E-state index contributed by atoms with van der Waals surface area (Å²) in [5, 5.41) is 4.13. The lowest BCUT2D eigenvalue weighted by molar-refractivity contribution is -0.119. The molecule has 0 aliphatic rings. The normalized spacial score (nSPS) is 10.0. The summed E-state index contributed by atoms with van der Waals surface area (Å²) in [6.07, 6.45) is 1.58. The summed E-state index contributed by atoms with van der Waals surface area (Å²) in [6.45, 7) is 0. The lowest BCUT2D eigenvalue weighted by Gasteiger charge is -2.04. The second-order valence-corrected chi connectivity index (χ2v) is 3.47. The van der Waals surface area contributed by atoms with Crippen LogP contribution in [0.15, 0.2) is 42.5 Å². The summed E-state index contributed by atoms with van der Waals surface area (Å²) in [5.41, 5.74) is 0.908. The molecule has 0 unspecified atom stereocenters. The third-order valence-corrected chi connectivity index (χ3v) is 2.42. The number of carbonyl (C=O) groups is 1. The van der Waals surface area contributed by atoms with E-state index in [2.05, 4.69) is 0 Å². The van der Waals surface area contributed by atoms with E-state index in [1.165, 1.54) is 6.41 Å². The number of rotatable bonds is 3. The van der Waals surface area contributed by atoms with Crippen molar-refractivity contribution in [1.82, 2.24) is 5.32 Å². The van der Waals surface area contributed by atoms with Gasteiger partial charge in [0, 0.05) is 0 Å². The van der Waals surface area contributed by atoms with Crippen LogP contribution in [0.1, 0.15) is 5.56 Å². The zero-order chi connectivity index (χ0) is 11.4. The van der Waals surface area contributed by atoms with Crippen LogP contribution in [-0.4, -0.2) is 12.3 Å². The quantitative estimate of drug-likeness (QED) is 0.785. The van der Waals surface area contributed by atoms with Crippen LogP contribution < -0.4 is 5.32 Å². The Balaban J connectivity index is 2.37. The van der Waals surface area contributed by atoms with E-state index in [-0.39, 0.29) is 12.3 Å². The number of benzene rings is 2. The first-order valence-electron chi connectivity index (χ1n) is 4.94. The summed E-state index contributed by atoms with van der Waals surface area (Å²) in [7, 11) is 0. The second-order valence-electron chi connectivity index (χ2n) is 3.47. The van der Waals surface area contributed by atoms with Gasteiger partial charge < -0.3 is 0 Å². The molecule has 2 aromatic rings. The number of fused-ring (bicyclic) bond motifs is 1. The number of carbonyl (C=O) groups excluding carboxylic acids is 2. The van der Waals surface area contributed by atoms with Crippen LogP contribution >= 0.6 is 0 Å². The minimum absolute atomic E-state index is 0.191. The van der Waals surface area contributed by atoms with E-state index < -0.39 is 0 Å². The van der Waals surface area contributed by atoms with Gasteiger partial charge in [-0.1, -0.05) is 42.5 Å². The number of amides is 2. The van der Waals surface area contributed by atoms with Crippen LogP contribution in [0.2, 0.25) is 0 Å². The van der Waals surface area contributed by atoms with Gasteiger partial charge in [0.25, 0.3) is 0 Å². The molecule has 3 heteroatoms. The predicted octanol–water partition coefficient (Wildman–Crippen LogP) is 1.57. The number of imide groups is 1. The van der Waals surface area contributed by atoms with Gasteiger partial charge in [-0.3, -0.25) is 14.9 Å². The third kappa shape index (κ3) is 2.08. The standard InChI is InChI=1S/C13H10NO2/c15-9-14-13(16)8-11-6-3-5-10-4-1-2-7-12(10)11/h1-7H,8H2,(H,14,15,16). The molecule has 16 heavy (non-hydrogen) atoms. The molecule has 0 saturated heterocycles. The smallest absolute Gasteiger partial charge is 0.288 e. The Morgan fingerprint density at radius 2 is 1.88 bits per heavy atom. The molecule has 0 aliphatic carbocycles. The molecule has 2 rings (SSSR count). The van der Waals surface area contributed by atoms with Crippen LogP contribution in [0.25, 0.3) is 10.8 Å². The highest BCUT2D eigenvalue weighted by atomic mass is 16.2. The van der Waals surface area contributed by atoms with E-state index in [1.54, 1.807) is 0 Å². The molecule has 3 nitrogen and oxygen atoms in total. The van der Waals surface area contributed by atoms with Crippen molar-refractivity contribution in [3.8, 4) is 0 Å². The van der Waals surface area contributed by atoms with E-state index in [0.29, 0.717) is 0 Å². The Morgan fingerprint density at radius 1 is 1.12 bits per heavy atom. The van der Waals surface area contributed by atoms with Crippen LogP contribution in [-0.2, 0) is 16.0 Å². The van der Waals surface area contributed by atoms with Gasteiger partial charge in [0.15, 0.2) is 0 Å².